The number of imidazole rings is 1. The van der Waals surface area contributed by atoms with Crippen LogP contribution in [0.1, 0.15) is 29.2 Å². The van der Waals surface area contributed by atoms with Gasteiger partial charge in [-0.05, 0) is 37.4 Å². The third-order valence-electron chi connectivity index (χ3n) is 5.06. The van der Waals surface area contributed by atoms with Crippen molar-refractivity contribution in [3.8, 4) is 0 Å². The molecule has 0 aliphatic carbocycles. The lowest BCUT2D eigenvalue weighted by atomic mass is 9.99. The van der Waals surface area contributed by atoms with Gasteiger partial charge < -0.3 is 9.88 Å². The maximum Gasteiger partial charge on any atom is 0.434 e. The Bertz CT molecular complexity index is 972. The van der Waals surface area contributed by atoms with E-state index >= 15 is 0 Å². The molecule has 0 fully saturated rings. The first-order chi connectivity index (χ1) is 12.8. The first-order valence-corrected chi connectivity index (χ1v) is 8.93. The highest BCUT2D eigenvalue weighted by Crippen LogP contribution is 2.30. The molecule has 0 amide bonds. The molecular weight excluding hydrogens is 357 g/mol. The summed E-state index contributed by atoms with van der Waals surface area (Å²) in [6.45, 7) is 3.92. The van der Waals surface area contributed by atoms with Crippen LogP contribution in [0.4, 0.5) is 13.2 Å². The van der Waals surface area contributed by atoms with Gasteiger partial charge in [-0.1, -0.05) is 0 Å². The third kappa shape index (κ3) is 3.55. The smallest absolute Gasteiger partial charge is 0.334 e. The molecule has 3 aromatic heterocycles. The van der Waals surface area contributed by atoms with Gasteiger partial charge in [0.25, 0.3) is 0 Å². The maximum absolute atomic E-state index is 12.8. The Hall–Kier alpha value is -2.42. The van der Waals surface area contributed by atoms with E-state index in [1.165, 1.54) is 0 Å². The van der Waals surface area contributed by atoms with Crippen molar-refractivity contribution in [2.24, 2.45) is 13.0 Å². The van der Waals surface area contributed by atoms with E-state index in [0.29, 0.717) is 25.3 Å². The zero-order chi connectivity index (χ0) is 19.2. The second-order valence-corrected chi connectivity index (χ2v) is 7.15. The number of halogens is 3. The summed E-state index contributed by atoms with van der Waals surface area (Å²) in [6.07, 6.45) is -0.00921. The van der Waals surface area contributed by atoms with Crippen molar-refractivity contribution >= 4 is 11.0 Å². The van der Waals surface area contributed by atoms with E-state index in [1.54, 1.807) is 9.25 Å². The summed E-state index contributed by atoms with van der Waals surface area (Å²) in [4.78, 5) is 8.19. The molecule has 1 aliphatic heterocycles. The molecule has 0 spiro atoms. The number of nitrogens with zero attached hydrogens (tertiary/aromatic N) is 5. The number of aryl methyl sites for hydroxylation is 3. The highest BCUT2D eigenvalue weighted by molar-refractivity contribution is 5.78. The largest absolute Gasteiger partial charge is 0.434 e. The van der Waals surface area contributed by atoms with Crippen molar-refractivity contribution in [2.45, 2.75) is 39.0 Å². The van der Waals surface area contributed by atoms with E-state index in [4.69, 9.17) is 0 Å². The number of hydrogen-bond donors (Lipinski definition) is 1. The van der Waals surface area contributed by atoms with Crippen molar-refractivity contribution in [3.05, 3.63) is 41.2 Å². The second kappa shape index (κ2) is 6.63. The molecular formula is C18H21F3N6. The molecule has 4 rings (SSSR count). The van der Waals surface area contributed by atoms with Crippen molar-refractivity contribution in [1.82, 2.24) is 29.6 Å². The first kappa shape index (κ1) is 18.0. The molecule has 1 aliphatic rings. The van der Waals surface area contributed by atoms with Crippen LogP contribution in [0.2, 0.25) is 0 Å². The lowest BCUT2D eigenvalue weighted by Gasteiger charge is -2.24. The van der Waals surface area contributed by atoms with E-state index in [1.807, 2.05) is 20.2 Å². The summed E-state index contributed by atoms with van der Waals surface area (Å²) in [5.74, 6) is 0.810. The molecule has 27 heavy (non-hydrogen) atoms. The molecule has 1 atom stereocenters. The SMILES string of the molecule is Cc1nn(C)c2ncc(CNCC3CCc4nc(C(F)(F)F)cn4C3)cc12. The van der Waals surface area contributed by atoms with Gasteiger partial charge in [0.1, 0.15) is 5.82 Å². The molecule has 144 valence electrons. The Kier molecular flexibility index (Phi) is 4.41. The van der Waals surface area contributed by atoms with Crippen molar-refractivity contribution < 1.29 is 13.2 Å². The zero-order valence-electron chi connectivity index (χ0n) is 15.2. The predicted molar refractivity (Wildman–Crippen MR) is 94.0 cm³/mol. The molecule has 1 N–H and O–H groups in total. The Morgan fingerprint density at radius 2 is 2.15 bits per heavy atom. The molecule has 0 aromatic carbocycles. The molecule has 0 radical (unpaired) electrons. The van der Waals surface area contributed by atoms with Crippen LogP contribution >= 0.6 is 0 Å². The van der Waals surface area contributed by atoms with Gasteiger partial charge in [-0.25, -0.2) is 9.97 Å². The Morgan fingerprint density at radius 1 is 1.33 bits per heavy atom. The fourth-order valence-electron chi connectivity index (χ4n) is 3.69. The Balaban J connectivity index is 1.36. The summed E-state index contributed by atoms with van der Waals surface area (Å²) in [6, 6.07) is 2.09. The third-order valence-corrected chi connectivity index (χ3v) is 5.06. The zero-order valence-corrected chi connectivity index (χ0v) is 15.2. The molecule has 0 saturated carbocycles. The number of hydrogen-bond acceptors (Lipinski definition) is 4. The van der Waals surface area contributed by atoms with E-state index < -0.39 is 11.9 Å². The quantitative estimate of drug-likeness (QED) is 0.759. The first-order valence-electron chi connectivity index (χ1n) is 8.93. The summed E-state index contributed by atoms with van der Waals surface area (Å²) in [5.41, 5.74) is 2.08. The summed E-state index contributed by atoms with van der Waals surface area (Å²) >= 11 is 0. The standard InChI is InChI=1S/C18H21F3N6/c1-11-14-5-13(8-23-17(14)26(2)25-11)7-22-6-12-3-4-16-24-15(18(19,20)21)10-27(16)9-12/h5,8,10,12,22H,3-4,6-7,9H2,1-2H3. The summed E-state index contributed by atoms with van der Waals surface area (Å²) in [5, 5.41) is 8.82. The fourth-order valence-corrected chi connectivity index (χ4v) is 3.69. The van der Waals surface area contributed by atoms with E-state index in [-0.39, 0.29) is 5.92 Å². The van der Waals surface area contributed by atoms with E-state index in [2.05, 4.69) is 26.4 Å². The molecule has 3 aromatic rings. The predicted octanol–water partition coefficient (Wildman–Crippen LogP) is 2.84. The minimum Gasteiger partial charge on any atom is -0.334 e. The van der Waals surface area contributed by atoms with Crippen LogP contribution in [0.25, 0.3) is 11.0 Å². The molecule has 1 unspecified atom stereocenters. The van der Waals surface area contributed by atoms with Gasteiger partial charge in [0.05, 0.1) is 5.69 Å². The van der Waals surface area contributed by atoms with Gasteiger partial charge in [0.15, 0.2) is 11.3 Å². The number of fused-ring (bicyclic) bond motifs is 2. The van der Waals surface area contributed by atoms with Crippen molar-refractivity contribution in [2.75, 3.05) is 6.54 Å². The van der Waals surface area contributed by atoms with Crippen molar-refractivity contribution in [3.63, 3.8) is 0 Å². The highest BCUT2D eigenvalue weighted by atomic mass is 19.4. The second-order valence-electron chi connectivity index (χ2n) is 7.15. The maximum atomic E-state index is 12.8. The monoisotopic (exact) mass is 378 g/mol. The minimum absolute atomic E-state index is 0.282. The van der Waals surface area contributed by atoms with Gasteiger partial charge in [0.2, 0.25) is 0 Å². The van der Waals surface area contributed by atoms with Gasteiger partial charge in [0, 0.05) is 44.3 Å². The number of rotatable bonds is 4. The Labute approximate surface area is 154 Å². The van der Waals surface area contributed by atoms with Crippen LogP contribution in [-0.2, 0) is 32.7 Å². The number of nitrogens with one attached hydrogen (secondary N) is 1. The van der Waals surface area contributed by atoms with E-state index in [0.717, 1.165) is 41.5 Å². The number of alkyl halides is 3. The van der Waals surface area contributed by atoms with E-state index in [9.17, 15) is 13.2 Å². The van der Waals surface area contributed by atoms with Crippen LogP contribution in [0.3, 0.4) is 0 Å². The normalized spacial score (nSPS) is 17.4. The number of pyridine rings is 1. The highest BCUT2D eigenvalue weighted by Gasteiger charge is 2.35. The van der Waals surface area contributed by atoms with Gasteiger partial charge in [-0.3, -0.25) is 4.68 Å². The topological polar surface area (TPSA) is 60.6 Å². The summed E-state index contributed by atoms with van der Waals surface area (Å²) in [7, 11) is 1.87. The van der Waals surface area contributed by atoms with Gasteiger partial charge in [-0.2, -0.15) is 18.3 Å². The molecule has 6 nitrogen and oxygen atoms in total. The minimum atomic E-state index is -4.38. The summed E-state index contributed by atoms with van der Waals surface area (Å²) < 4.78 is 41.8. The average Bonchev–Trinajstić information content (AvgIpc) is 3.16. The Morgan fingerprint density at radius 3 is 2.93 bits per heavy atom. The van der Waals surface area contributed by atoms with Gasteiger partial charge >= 0.3 is 6.18 Å². The average molecular weight is 378 g/mol. The van der Waals surface area contributed by atoms with Crippen LogP contribution in [0.15, 0.2) is 18.5 Å². The van der Waals surface area contributed by atoms with Gasteiger partial charge in [-0.15, -0.1) is 0 Å². The van der Waals surface area contributed by atoms with Crippen LogP contribution in [-0.4, -0.2) is 30.9 Å². The van der Waals surface area contributed by atoms with Crippen molar-refractivity contribution in [1.29, 1.82) is 0 Å². The van der Waals surface area contributed by atoms with Crippen LogP contribution in [0, 0.1) is 12.8 Å². The molecule has 9 heteroatoms. The number of aromatic nitrogens is 5. The fraction of sp³-hybridized carbons (Fsp3) is 0.500. The molecule has 4 heterocycles. The molecule has 0 saturated heterocycles. The van der Waals surface area contributed by atoms with Crippen LogP contribution < -0.4 is 5.32 Å². The molecule has 0 bridgehead atoms. The van der Waals surface area contributed by atoms with Crippen LogP contribution in [0.5, 0.6) is 0 Å². The lowest BCUT2D eigenvalue weighted by Crippen LogP contribution is -2.29. The lowest BCUT2D eigenvalue weighted by molar-refractivity contribution is -0.141.